The van der Waals surface area contributed by atoms with Gasteiger partial charge in [-0.15, -0.1) is 0 Å². The average Bonchev–Trinajstić information content (AvgIpc) is 2.99. The van der Waals surface area contributed by atoms with Crippen molar-refractivity contribution in [3.63, 3.8) is 0 Å². The first-order valence-corrected chi connectivity index (χ1v) is 8.18. The molecule has 2 aromatic heterocycles. The number of rotatable bonds is 4. The molecule has 3 rings (SSSR count). The first-order chi connectivity index (χ1) is 11.3. The average molecular weight is 303 g/mol. The molecule has 0 aliphatic carbocycles. The molecule has 0 amide bonds. The Kier molecular flexibility index (Phi) is 4.73. The monoisotopic (exact) mass is 303 g/mol. The summed E-state index contributed by atoms with van der Waals surface area (Å²) >= 11 is 0. The SMILES string of the molecule is CCCCCC#Cc1cc(C)ccc1-n1ncc2cccnc21. The van der Waals surface area contributed by atoms with Crippen molar-refractivity contribution < 1.29 is 0 Å². The maximum Gasteiger partial charge on any atom is 0.162 e. The molecule has 0 aliphatic heterocycles. The molecule has 0 spiro atoms. The van der Waals surface area contributed by atoms with Crippen LogP contribution in [0.15, 0.2) is 42.7 Å². The van der Waals surface area contributed by atoms with E-state index < -0.39 is 0 Å². The highest BCUT2D eigenvalue weighted by Gasteiger charge is 2.09. The number of nitrogens with zero attached hydrogens (tertiary/aromatic N) is 3. The standard InChI is InChI=1S/C20H21N3/c1-3-4-5-6-7-9-17-14-16(2)11-12-19(17)23-20-18(15-22-23)10-8-13-21-20/h8,10-15H,3-6H2,1-2H3. The first-order valence-electron chi connectivity index (χ1n) is 8.18. The van der Waals surface area contributed by atoms with Gasteiger partial charge in [0.2, 0.25) is 0 Å². The Labute approximate surface area is 137 Å². The third-order valence-corrected chi connectivity index (χ3v) is 3.84. The molecule has 0 atom stereocenters. The second kappa shape index (κ2) is 7.11. The number of aryl methyl sites for hydroxylation is 1. The van der Waals surface area contributed by atoms with E-state index in [1.807, 2.05) is 23.0 Å². The topological polar surface area (TPSA) is 30.7 Å². The number of aromatic nitrogens is 3. The van der Waals surface area contributed by atoms with Crippen LogP contribution in [0.1, 0.15) is 43.7 Å². The summed E-state index contributed by atoms with van der Waals surface area (Å²) in [4.78, 5) is 4.45. The highest BCUT2D eigenvalue weighted by Crippen LogP contribution is 2.20. The molecule has 1 aromatic carbocycles. The van der Waals surface area contributed by atoms with Crippen molar-refractivity contribution in [1.29, 1.82) is 0 Å². The van der Waals surface area contributed by atoms with E-state index in [1.54, 1.807) is 6.20 Å². The first kappa shape index (κ1) is 15.3. The lowest BCUT2D eigenvalue weighted by Gasteiger charge is -2.07. The summed E-state index contributed by atoms with van der Waals surface area (Å²) in [5.74, 6) is 6.63. The van der Waals surface area contributed by atoms with Crippen molar-refractivity contribution in [3.8, 4) is 17.5 Å². The Morgan fingerprint density at radius 3 is 2.96 bits per heavy atom. The van der Waals surface area contributed by atoms with Crippen LogP contribution in [0.4, 0.5) is 0 Å². The van der Waals surface area contributed by atoms with E-state index in [2.05, 4.69) is 54.0 Å². The molecule has 0 fully saturated rings. The maximum atomic E-state index is 4.50. The molecule has 0 saturated heterocycles. The molecule has 3 nitrogen and oxygen atoms in total. The lowest BCUT2D eigenvalue weighted by Crippen LogP contribution is -2.00. The molecule has 2 heterocycles. The zero-order valence-corrected chi connectivity index (χ0v) is 13.7. The van der Waals surface area contributed by atoms with Crippen LogP contribution in [0, 0.1) is 18.8 Å². The quantitative estimate of drug-likeness (QED) is 0.518. The molecule has 23 heavy (non-hydrogen) atoms. The van der Waals surface area contributed by atoms with Gasteiger partial charge in [-0.3, -0.25) is 0 Å². The third kappa shape index (κ3) is 3.43. The second-order valence-electron chi connectivity index (χ2n) is 5.75. The van der Waals surface area contributed by atoms with E-state index in [1.165, 1.54) is 18.4 Å². The molecule has 0 saturated carbocycles. The normalized spacial score (nSPS) is 10.5. The molecular weight excluding hydrogens is 282 g/mol. The predicted molar refractivity (Wildman–Crippen MR) is 94.6 cm³/mol. The number of hydrogen-bond acceptors (Lipinski definition) is 2. The summed E-state index contributed by atoms with van der Waals surface area (Å²) in [6.07, 6.45) is 8.22. The van der Waals surface area contributed by atoms with Gasteiger partial charge < -0.3 is 0 Å². The van der Waals surface area contributed by atoms with Crippen LogP contribution < -0.4 is 0 Å². The lowest BCUT2D eigenvalue weighted by molar-refractivity contribution is 0.737. The van der Waals surface area contributed by atoms with Crippen LogP contribution in [-0.4, -0.2) is 14.8 Å². The molecule has 0 unspecified atom stereocenters. The van der Waals surface area contributed by atoms with Gasteiger partial charge in [-0.1, -0.05) is 37.7 Å². The van der Waals surface area contributed by atoms with E-state index in [-0.39, 0.29) is 0 Å². The Morgan fingerprint density at radius 1 is 1.17 bits per heavy atom. The summed E-state index contributed by atoms with van der Waals surface area (Å²) in [6, 6.07) is 10.2. The van der Waals surface area contributed by atoms with Gasteiger partial charge in [-0.25, -0.2) is 9.67 Å². The van der Waals surface area contributed by atoms with Gasteiger partial charge in [0.15, 0.2) is 5.65 Å². The van der Waals surface area contributed by atoms with Crippen molar-refractivity contribution in [2.75, 3.05) is 0 Å². The van der Waals surface area contributed by atoms with Crippen LogP contribution in [0.2, 0.25) is 0 Å². The molecule has 3 aromatic rings. The van der Waals surface area contributed by atoms with Crippen molar-refractivity contribution in [2.24, 2.45) is 0 Å². The van der Waals surface area contributed by atoms with E-state index in [0.717, 1.165) is 35.1 Å². The van der Waals surface area contributed by atoms with Crippen LogP contribution >= 0.6 is 0 Å². The Balaban J connectivity index is 1.99. The predicted octanol–water partition coefficient (Wildman–Crippen LogP) is 4.66. The van der Waals surface area contributed by atoms with Crippen LogP contribution in [0.3, 0.4) is 0 Å². The molecule has 116 valence electrons. The number of unbranched alkanes of at least 4 members (excludes halogenated alkanes) is 3. The summed E-state index contributed by atoms with van der Waals surface area (Å²) in [5.41, 5.74) is 4.07. The van der Waals surface area contributed by atoms with Gasteiger partial charge in [0.1, 0.15) is 0 Å². The van der Waals surface area contributed by atoms with Crippen LogP contribution in [0.5, 0.6) is 0 Å². The van der Waals surface area contributed by atoms with Gasteiger partial charge in [0, 0.05) is 18.0 Å². The highest BCUT2D eigenvalue weighted by atomic mass is 15.3. The van der Waals surface area contributed by atoms with Crippen LogP contribution in [-0.2, 0) is 0 Å². The van der Waals surface area contributed by atoms with E-state index in [0.29, 0.717) is 0 Å². The molecular formula is C20H21N3. The fraction of sp³-hybridized carbons (Fsp3) is 0.300. The van der Waals surface area contributed by atoms with Crippen molar-refractivity contribution in [3.05, 3.63) is 53.9 Å². The Hall–Kier alpha value is -2.60. The van der Waals surface area contributed by atoms with Gasteiger partial charge in [0.25, 0.3) is 0 Å². The van der Waals surface area contributed by atoms with Crippen molar-refractivity contribution in [2.45, 2.75) is 39.5 Å². The number of benzene rings is 1. The third-order valence-electron chi connectivity index (χ3n) is 3.84. The minimum atomic E-state index is 0.866. The largest absolute Gasteiger partial charge is 0.237 e. The number of fused-ring (bicyclic) bond motifs is 1. The molecule has 0 bridgehead atoms. The lowest BCUT2D eigenvalue weighted by atomic mass is 10.1. The van der Waals surface area contributed by atoms with Crippen LogP contribution in [0.25, 0.3) is 16.7 Å². The fourth-order valence-electron chi connectivity index (χ4n) is 2.59. The Bertz CT molecular complexity index is 865. The summed E-state index contributed by atoms with van der Waals surface area (Å²) in [5, 5.41) is 5.54. The van der Waals surface area contributed by atoms with Gasteiger partial charge in [0.05, 0.1) is 17.4 Å². The Morgan fingerprint density at radius 2 is 2.09 bits per heavy atom. The minimum absolute atomic E-state index is 0.866. The van der Waals surface area contributed by atoms with Gasteiger partial charge in [-0.2, -0.15) is 5.10 Å². The summed E-state index contributed by atoms with van der Waals surface area (Å²) in [7, 11) is 0. The number of pyridine rings is 1. The number of hydrogen-bond donors (Lipinski definition) is 0. The summed E-state index contributed by atoms with van der Waals surface area (Å²) in [6.45, 7) is 4.30. The molecule has 3 heteroatoms. The van der Waals surface area contributed by atoms with E-state index in [9.17, 15) is 0 Å². The molecule has 0 aliphatic rings. The smallest absolute Gasteiger partial charge is 0.162 e. The molecule has 0 radical (unpaired) electrons. The zero-order valence-electron chi connectivity index (χ0n) is 13.7. The second-order valence-corrected chi connectivity index (χ2v) is 5.75. The molecule has 0 N–H and O–H groups in total. The maximum absolute atomic E-state index is 4.50. The fourth-order valence-corrected chi connectivity index (χ4v) is 2.59. The highest BCUT2D eigenvalue weighted by molar-refractivity contribution is 5.76. The zero-order chi connectivity index (χ0) is 16.1. The van der Waals surface area contributed by atoms with Gasteiger partial charge >= 0.3 is 0 Å². The summed E-state index contributed by atoms with van der Waals surface area (Å²) < 4.78 is 1.88. The van der Waals surface area contributed by atoms with E-state index in [4.69, 9.17) is 0 Å². The van der Waals surface area contributed by atoms with Crippen molar-refractivity contribution in [1.82, 2.24) is 14.8 Å². The minimum Gasteiger partial charge on any atom is -0.237 e. The van der Waals surface area contributed by atoms with Crippen molar-refractivity contribution >= 4 is 11.0 Å². The van der Waals surface area contributed by atoms with E-state index >= 15 is 0 Å². The van der Waals surface area contributed by atoms with Gasteiger partial charge in [-0.05, 0) is 43.2 Å².